The number of aromatic nitrogens is 1. The Morgan fingerprint density at radius 2 is 1.96 bits per heavy atom. The van der Waals surface area contributed by atoms with Crippen molar-refractivity contribution in [2.75, 3.05) is 7.11 Å². The third-order valence-corrected chi connectivity index (χ3v) is 4.77. The zero-order chi connectivity index (χ0) is 17.6. The minimum absolute atomic E-state index is 0.0150. The summed E-state index contributed by atoms with van der Waals surface area (Å²) >= 11 is 0. The summed E-state index contributed by atoms with van der Waals surface area (Å²) in [6.45, 7) is 3.45. The SMILES string of the molecule is COc1ccc2c(c1)C(c1c[nH]c3ccccc13)C(C(C)=O)=C(C)O2. The van der Waals surface area contributed by atoms with Gasteiger partial charge < -0.3 is 14.5 Å². The van der Waals surface area contributed by atoms with Crippen LogP contribution in [0.25, 0.3) is 10.9 Å². The number of rotatable bonds is 3. The lowest BCUT2D eigenvalue weighted by Crippen LogP contribution is -2.20. The van der Waals surface area contributed by atoms with Gasteiger partial charge in [-0.3, -0.25) is 4.79 Å². The predicted octanol–water partition coefficient (Wildman–Crippen LogP) is 4.56. The van der Waals surface area contributed by atoms with Crippen molar-refractivity contribution in [3.63, 3.8) is 0 Å². The van der Waals surface area contributed by atoms with Gasteiger partial charge in [0.1, 0.15) is 17.3 Å². The van der Waals surface area contributed by atoms with E-state index >= 15 is 0 Å². The van der Waals surface area contributed by atoms with E-state index in [0.717, 1.165) is 33.5 Å². The van der Waals surface area contributed by atoms with Crippen molar-refractivity contribution in [2.45, 2.75) is 19.8 Å². The van der Waals surface area contributed by atoms with Crippen molar-refractivity contribution in [2.24, 2.45) is 0 Å². The summed E-state index contributed by atoms with van der Waals surface area (Å²) < 4.78 is 11.3. The molecule has 4 nitrogen and oxygen atoms in total. The molecule has 0 aliphatic carbocycles. The number of carbonyl (C=O) groups excluding carboxylic acids is 1. The van der Waals surface area contributed by atoms with Crippen LogP contribution in [0.2, 0.25) is 0 Å². The molecule has 2 aromatic carbocycles. The summed E-state index contributed by atoms with van der Waals surface area (Å²) in [7, 11) is 1.64. The molecule has 4 heteroatoms. The van der Waals surface area contributed by atoms with Gasteiger partial charge in [-0.25, -0.2) is 0 Å². The molecule has 0 saturated heterocycles. The quantitative estimate of drug-likeness (QED) is 0.764. The molecule has 0 bridgehead atoms. The Morgan fingerprint density at radius 3 is 2.72 bits per heavy atom. The number of benzene rings is 2. The number of fused-ring (bicyclic) bond motifs is 2. The minimum atomic E-state index is -0.188. The molecule has 1 aliphatic heterocycles. The monoisotopic (exact) mass is 333 g/mol. The molecule has 1 atom stereocenters. The average Bonchev–Trinajstić information content (AvgIpc) is 3.03. The zero-order valence-corrected chi connectivity index (χ0v) is 14.4. The van der Waals surface area contributed by atoms with Crippen LogP contribution in [0.1, 0.15) is 30.9 Å². The molecule has 2 heterocycles. The van der Waals surface area contributed by atoms with E-state index in [1.54, 1.807) is 14.0 Å². The van der Waals surface area contributed by atoms with E-state index in [2.05, 4.69) is 11.1 Å². The zero-order valence-electron chi connectivity index (χ0n) is 14.4. The lowest BCUT2D eigenvalue weighted by Gasteiger charge is -2.29. The molecule has 0 amide bonds. The maximum Gasteiger partial charge on any atom is 0.160 e. The van der Waals surface area contributed by atoms with E-state index in [4.69, 9.17) is 9.47 Å². The van der Waals surface area contributed by atoms with Crippen molar-refractivity contribution < 1.29 is 14.3 Å². The van der Waals surface area contributed by atoms with E-state index in [-0.39, 0.29) is 11.7 Å². The highest BCUT2D eigenvalue weighted by Gasteiger charge is 2.33. The van der Waals surface area contributed by atoms with Gasteiger partial charge in [0.25, 0.3) is 0 Å². The van der Waals surface area contributed by atoms with E-state index < -0.39 is 0 Å². The first-order valence-electron chi connectivity index (χ1n) is 8.23. The van der Waals surface area contributed by atoms with Gasteiger partial charge in [-0.05, 0) is 43.7 Å². The Balaban J connectivity index is 2.01. The summed E-state index contributed by atoms with van der Waals surface area (Å²) in [6.07, 6.45) is 1.99. The highest BCUT2D eigenvalue weighted by Crippen LogP contribution is 2.46. The molecule has 0 spiro atoms. The number of aromatic amines is 1. The number of hydrogen-bond donors (Lipinski definition) is 1. The topological polar surface area (TPSA) is 51.3 Å². The van der Waals surface area contributed by atoms with Crippen LogP contribution in [0.3, 0.4) is 0 Å². The standard InChI is InChI=1S/C21H19NO3/c1-12(23)20-13(2)25-19-9-8-14(24-3)10-16(19)21(20)17-11-22-18-7-5-4-6-15(17)18/h4-11,21-22H,1-3H3. The molecule has 1 aromatic heterocycles. The van der Waals surface area contributed by atoms with Gasteiger partial charge in [-0.1, -0.05) is 18.2 Å². The molecular weight excluding hydrogens is 314 g/mol. The van der Waals surface area contributed by atoms with Crippen LogP contribution in [-0.4, -0.2) is 17.9 Å². The first-order valence-corrected chi connectivity index (χ1v) is 8.23. The summed E-state index contributed by atoms with van der Waals surface area (Å²) in [4.78, 5) is 15.7. The van der Waals surface area contributed by atoms with Gasteiger partial charge >= 0.3 is 0 Å². The second kappa shape index (κ2) is 5.81. The number of ketones is 1. The molecule has 0 fully saturated rings. The van der Waals surface area contributed by atoms with Gasteiger partial charge in [0.2, 0.25) is 0 Å². The first kappa shape index (κ1) is 15.5. The van der Waals surface area contributed by atoms with E-state index in [9.17, 15) is 4.79 Å². The molecular formula is C21H19NO3. The Hall–Kier alpha value is -3.01. The van der Waals surface area contributed by atoms with Gasteiger partial charge in [0.15, 0.2) is 5.78 Å². The second-order valence-corrected chi connectivity index (χ2v) is 6.25. The largest absolute Gasteiger partial charge is 0.497 e. The van der Waals surface area contributed by atoms with E-state index in [1.165, 1.54) is 0 Å². The minimum Gasteiger partial charge on any atom is -0.497 e. The summed E-state index contributed by atoms with van der Waals surface area (Å²) in [5, 5.41) is 1.11. The molecule has 3 aromatic rings. The number of ether oxygens (including phenoxy) is 2. The number of para-hydroxylation sites is 1. The fourth-order valence-corrected chi connectivity index (χ4v) is 3.66. The van der Waals surface area contributed by atoms with Crippen molar-refractivity contribution in [1.82, 2.24) is 4.98 Å². The molecule has 126 valence electrons. The molecule has 1 aliphatic rings. The Bertz CT molecular complexity index is 1010. The smallest absolute Gasteiger partial charge is 0.160 e. The van der Waals surface area contributed by atoms with Gasteiger partial charge in [-0.15, -0.1) is 0 Å². The average molecular weight is 333 g/mol. The third-order valence-electron chi connectivity index (χ3n) is 4.77. The van der Waals surface area contributed by atoms with Crippen molar-refractivity contribution in [1.29, 1.82) is 0 Å². The normalized spacial score (nSPS) is 16.5. The summed E-state index contributed by atoms with van der Waals surface area (Å²) in [5.41, 5.74) is 3.75. The van der Waals surface area contributed by atoms with Gasteiger partial charge in [0.05, 0.1) is 7.11 Å². The van der Waals surface area contributed by atoms with E-state index in [0.29, 0.717) is 11.3 Å². The predicted molar refractivity (Wildman–Crippen MR) is 97.1 cm³/mol. The molecule has 25 heavy (non-hydrogen) atoms. The molecule has 1 N–H and O–H groups in total. The van der Waals surface area contributed by atoms with Crippen molar-refractivity contribution in [3.8, 4) is 11.5 Å². The van der Waals surface area contributed by atoms with Gasteiger partial charge in [-0.2, -0.15) is 0 Å². The molecule has 1 unspecified atom stereocenters. The summed E-state index contributed by atoms with van der Waals surface area (Å²) in [5.74, 6) is 1.99. The third kappa shape index (κ3) is 2.41. The molecule has 0 radical (unpaired) electrons. The fraction of sp³-hybridized carbons (Fsp3) is 0.190. The van der Waals surface area contributed by atoms with Crippen LogP contribution in [0, 0.1) is 0 Å². The fourth-order valence-electron chi connectivity index (χ4n) is 3.66. The highest BCUT2D eigenvalue weighted by atomic mass is 16.5. The van der Waals surface area contributed by atoms with E-state index in [1.807, 2.05) is 49.5 Å². The Morgan fingerprint density at radius 1 is 1.16 bits per heavy atom. The number of H-pyrrole nitrogens is 1. The van der Waals surface area contributed by atoms with Crippen LogP contribution in [0.5, 0.6) is 11.5 Å². The first-order chi connectivity index (χ1) is 12.1. The lowest BCUT2D eigenvalue weighted by atomic mass is 9.80. The number of Topliss-reactive ketones (excluding diaryl/α,β-unsaturated/α-hetero) is 1. The van der Waals surface area contributed by atoms with Crippen molar-refractivity contribution in [3.05, 3.63) is 71.1 Å². The molecule has 4 rings (SSSR count). The highest BCUT2D eigenvalue weighted by molar-refractivity contribution is 5.98. The summed E-state index contributed by atoms with van der Waals surface area (Å²) in [6, 6.07) is 13.8. The maximum atomic E-state index is 12.4. The lowest BCUT2D eigenvalue weighted by molar-refractivity contribution is -0.114. The number of carbonyl (C=O) groups is 1. The van der Waals surface area contributed by atoms with Crippen LogP contribution < -0.4 is 9.47 Å². The van der Waals surface area contributed by atoms with Crippen LogP contribution in [0.4, 0.5) is 0 Å². The molecule has 0 saturated carbocycles. The van der Waals surface area contributed by atoms with Crippen LogP contribution in [0.15, 0.2) is 60.0 Å². The van der Waals surface area contributed by atoms with Crippen molar-refractivity contribution >= 4 is 16.7 Å². The number of allylic oxidation sites excluding steroid dienone is 2. The number of methoxy groups -OCH3 is 1. The van der Waals surface area contributed by atoms with Crippen LogP contribution in [-0.2, 0) is 4.79 Å². The number of hydrogen-bond acceptors (Lipinski definition) is 3. The Labute approximate surface area is 146 Å². The van der Waals surface area contributed by atoms with Crippen LogP contribution >= 0.6 is 0 Å². The Kier molecular flexibility index (Phi) is 3.61. The van der Waals surface area contributed by atoms with Gasteiger partial charge in [0, 0.05) is 34.2 Å². The maximum absolute atomic E-state index is 12.4. The second-order valence-electron chi connectivity index (χ2n) is 6.25. The number of nitrogens with one attached hydrogen (secondary N) is 1.